The van der Waals surface area contributed by atoms with Gasteiger partial charge in [-0.05, 0) is 18.1 Å². The summed E-state index contributed by atoms with van der Waals surface area (Å²) in [5.74, 6) is 1.23. The molecule has 4 heterocycles. The zero-order valence-corrected chi connectivity index (χ0v) is 22.1. The normalized spacial score (nSPS) is 11.1. The highest BCUT2D eigenvalue weighted by atomic mass is 15.2. The summed E-state index contributed by atoms with van der Waals surface area (Å²) in [6, 6.07) is 24.4. The maximum Gasteiger partial charge on any atom is 0.183 e. The van der Waals surface area contributed by atoms with Gasteiger partial charge in [0.2, 0.25) is 0 Å². The Kier molecular flexibility index (Phi) is 6.42. The fraction of sp³-hybridized carbons (Fsp3) is 0.129. The molecule has 0 aliphatic rings. The van der Waals surface area contributed by atoms with Crippen LogP contribution in [0.25, 0.3) is 22.3 Å². The minimum Gasteiger partial charge on any atom is -0.339 e. The summed E-state index contributed by atoms with van der Waals surface area (Å²) in [4.78, 5) is 19.4. The van der Waals surface area contributed by atoms with Crippen LogP contribution in [0.3, 0.4) is 0 Å². The van der Waals surface area contributed by atoms with Crippen LogP contribution in [0.15, 0.2) is 103 Å². The summed E-state index contributed by atoms with van der Waals surface area (Å²) in [6.45, 7) is 2.13. The van der Waals surface area contributed by atoms with Crippen LogP contribution < -0.4 is 5.32 Å². The topological polar surface area (TPSA) is 85.8 Å². The van der Waals surface area contributed by atoms with Gasteiger partial charge in [-0.1, -0.05) is 67.6 Å². The third kappa shape index (κ3) is 4.92. The Hall–Kier alpha value is -5.11. The van der Waals surface area contributed by atoms with Crippen molar-refractivity contribution >= 4 is 34.1 Å². The first-order valence-corrected chi connectivity index (χ1v) is 12.9. The molecule has 0 saturated heterocycles. The van der Waals surface area contributed by atoms with Crippen LogP contribution in [0.4, 0.5) is 17.3 Å². The van der Waals surface area contributed by atoms with Crippen LogP contribution in [-0.2, 0) is 20.5 Å². The molecule has 4 aromatic heterocycles. The molecule has 0 radical (unpaired) electrons. The van der Waals surface area contributed by atoms with Crippen molar-refractivity contribution in [2.45, 2.75) is 13.3 Å². The van der Waals surface area contributed by atoms with E-state index in [1.807, 2.05) is 79.7 Å². The highest BCUT2D eigenvalue weighted by molar-refractivity contribution is 6.14. The molecule has 0 aliphatic heterocycles. The molecule has 39 heavy (non-hydrogen) atoms. The molecule has 8 heteroatoms. The van der Waals surface area contributed by atoms with E-state index in [2.05, 4.69) is 52.7 Å². The molecule has 0 bridgehead atoms. The molecule has 0 saturated carbocycles. The predicted octanol–water partition coefficient (Wildman–Crippen LogP) is 6.24. The number of pyridine rings is 2. The Balaban J connectivity index is 1.45. The van der Waals surface area contributed by atoms with Gasteiger partial charge in [0.05, 0.1) is 41.3 Å². The van der Waals surface area contributed by atoms with Gasteiger partial charge in [-0.25, -0.2) is 15.0 Å². The van der Waals surface area contributed by atoms with E-state index in [-0.39, 0.29) is 0 Å². The number of imidazole rings is 1. The Bertz CT molecular complexity index is 1740. The van der Waals surface area contributed by atoms with Gasteiger partial charge >= 0.3 is 0 Å². The molecule has 0 atom stereocenters. The van der Waals surface area contributed by atoms with E-state index in [0.717, 1.165) is 56.8 Å². The zero-order chi connectivity index (χ0) is 26.8. The average Bonchev–Trinajstić information content (AvgIpc) is 3.58. The Morgan fingerprint density at radius 1 is 0.897 bits per heavy atom. The van der Waals surface area contributed by atoms with Crippen LogP contribution in [-0.4, -0.2) is 35.0 Å². The first kappa shape index (κ1) is 24.2. The van der Waals surface area contributed by atoms with Crippen molar-refractivity contribution in [2.75, 3.05) is 5.32 Å². The lowest BCUT2D eigenvalue weighted by molar-refractivity contribution is 0.768. The minimum atomic E-state index is 0.552. The van der Waals surface area contributed by atoms with E-state index in [0.29, 0.717) is 11.6 Å². The molecule has 8 nitrogen and oxygen atoms in total. The largest absolute Gasteiger partial charge is 0.339 e. The van der Waals surface area contributed by atoms with Crippen molar-refractivity contribution in [1.29, 1.82) is 0 Å². The van der Waals surface area contributed by atoms with Gasteiger partial charge in [0.15, 0.2) is 5.82 Å². The fourth-order valence-corrected chi connectivity index (χ4v) is 4.60. The summed E-state index contributed by atoms with van der Waals surface area (Å²) < 4.78 is 3.76. The lowest BCUT2D eigenvalue weighted by Gasteiger charge is -2.13. The fourth-order valence-electron chi connectivity index (χ4n) is 4.60. The van der Waals surface area contributed by atoms with Crippen molar-refractivity contribution in [2.24, 2.45) is 19.1 Å². The van der Waals surface area contributed by atoms with Crippen molar-refractivity contribution in [3.8, 4) is 11.3 Å². The van der Waals surface area contributed by atoms with Crippen LogP contribution in [0.5, 0.6) is 0 Å². The second-order valence-electron chi connectivity index (χ2n) is 9.35. The molecule has 0 amide bonds. The van der Waals surface area contributed by atoms with Gasteiger partial charge in [0.25, 0.3) is 0 Å². The molecule has 0 aliphatic carbocycles. The predicted molar refractivity (Wildman–Crippen MR) is 156 cm³/mol. The number of hydrogen-bond acceptors (Lipinski definition) is 6. The number of benzene rings is 2. The number of anilines is 2. The number of aromatic nitrogens is 6. The van der Waals surface area contributed by atoms with Gasteiger partial charge in [0.1, 0.15) is 11.3 Å². The van der Waals surface area contributed by atoms with Gasteiger partial charge < -0.3 is 9.88 Å². The lowest BCUT2D eigenvalue weighted by atomic mass is 10.0. The van der Waals surface area contributed by atoms with Crippen molar-refractivity contribution in [3.05, 3.63) is 114 Å². The van der Waals surface area contributed by atoms with E-state index in [9.17, 15) is 0 Å². The molecule has 0 fully saturated rings. The molecule has 2 aromatic carbocycles. The molecule has 1 N–H and O–H groups in total. The maximum absolute atomic E-state index is 5.11. The van der Waals surface area contributed by atoms with Crippen LogP contribution in [0.2, 0.25) is 0 Å². The van der Waals surface area contributed by atoms with Crippen molar-refractivity contribution in [1.82, 2.24) is 29.3 Å². The molecular weight excluding hydrogens is 484 g/mol. The smallest absolute Gasteiger partial charge is 0.183 e. The highest BCUT2D eigenvalue weighted by Gasteiger charge is 2.15. The Morgan fingerprint density at radius 3 is 2.26 bits per heavy atom. The summed E-state index contributed by atoms with van der Waals surface area (Å²) >= 11 is 0. The standard InChI is InChI=1S/C31H28N8/c1-4-21-15-25(24-17-34-39(3)19-24)32-18-26(21)35-28-16-27-30(33-20-38(27)2)31(36-28)37-29(22-11-7-5-8-12-22)23-13-9-6-10-14-23/h5-20H,4H2,1-3H3,(H,35,36). The maximum atomic E-state index is 5.11. The second kappa shape index (κ2) is 10.3. The summed E-state index contributed by atoms with van der Waals surface area (Å²) in [5, 5.41) is 7.78. The van der Waals surface area contributed by atoms with E-state index < -0.39 is 0 Å². The van der Waals surface area contributed by atoms with Crippen LogP contribution in [0, 0.1) is 0 Å². The van der Waals surface area contributed by atoms with Gasteiger partial charge in [-0.3, -0.25) is 9.67 Å². The molecular formula is C31H28N8. The highest BCUT2D eigenvalue weighted by Crippen LogP contribution is 2.30. The molecule has 192 valence electrons. The van der Waals surface area contributed by atoms with Gasteiger partial charge in [-0.2, -0.15) is 5.10 Å². The Labute approximate surface area is 226 Å². The third-order valence-electron chi connectivity index (χ3n) is 6.64. The molecule has 0 unspecified atom stereocenters. The first-order valence-electron chi connectivity index (χ1n) is 12.9. The molecule has 0 spiro atoms. The minimum absolute atomic E-state index is 0.552. The second-order valence-corrected chi connectivity index (χ2v) is 9.35. The van der Waals surface area contributed by atoms with Crippen molar-refractivity contribution < 1.29 is 0 Å². The number of nitrogens with zero attached hydrogens (tertiary/aromatic N) is 7. The monoisotopic (exact) mass is 512 g/mol. The van der Waals surface area contributed by atoms with Gasteiger partial charge in [0, 0.05) is 43.0 Å². The number of nitrogens with one attached hydrogen (secondary N) is 1. The zero-order valence-electron chi connectivity index (χ0n) is 22.1. The van der Waals surface area contributed by atoms with E-state index in [1.54, 1.807) is 11.0 Å². The van der Waals surface area contributed by atoms with E-state index in [4.69, 9.17) is 15.0 Å². The number of hydrogen-bond donors (Lipinski definition) is 1. The number of aliphatic imine (C=N–C) groups is 1. The van der Waals surface area contributed by atoms with Gasteiger partial charge in [-0.15, -0.1) is 0 Å². The average molecular weight is 513 g/mol. The first-order chi connectivity index (χ1) is 19.1. The third-order valence-corrected chi connectivity index (χ3v) is 6.64. The molecule has 6 rings (SSSR count). The lowest BCUT2D eigenvalue weighted by Crippen LogP contribution is -2.04. The quantitative estimate of drug-likeness (QED) is 0.256. The van der Waals surface area contributed by atoms with E-state index in [1.165, 1.54) is 0 Å². The number of aryl methyl sites for hydroxylation is 3. The number of fused-ring (bicyclic) bond motifs is 1. The SMILES string of the molecule is CCc1cc(-c2cnn(C)c2)ncc1Nc1cc2c(ncn2C)c(N=C(c2ccccc2)c2ccccc2)n1. The van der Waals surface area contributed by atoms with Crippen LogP contribution in [0.1, 0.15) is 23.6 Å². The summed E-state index contributed by atoms with van der Waals surface area (Å²) in [7, 11) is 3.88. The van der Waals surface area contributed by atoms with Crippen LogP contribution >= 0.6 is 0 Å². The summed E-state index contributed by atoms with van der Waals surface area (Å²) in [6.07, 6.45) is 8.28. The van der Waals surface area contributed by atoms with Crippen molar-refractivity contribution in [3.63, 3.8) is 0 Å². The number of rotatable bonds is 7. The summed E-state index contributed by atoms with van der Waals surface area (Å²) in [5.41, 5.74) is 8.45. The molecule has 6 aromatic rings. The van der Waals surface area contributed by atoms with E-state index >= 15 is 0 Å². The Morgan fingerprint density at radius 2 is 1.62 bits per heavy atom.